The molecule has 0 spiro atoms. The second-order valence-corrected chi connectivity index (χ2v) is 9.19. The second kappa shape index (κ2) is 7.91. The van der Waals surface area contributed by atoms with E-state index in [4.69, 9.17) is 0 Å². The van der Waals surface area contributed by atoms with Crippen molar-refractivity contribution >= 4 is 40.1 Å². The molecule has 0 bridgehead atoms. The smallest absolute Gasteiger partial charge is 0.268 e. The third-order valence-electron chi connectivity index (χ3n) is 5.10. The first-order valence-corrected chi connectivity index (χ1v) is 10.7. The molecule has 1 aliphatic rings. The first-order chi connectivity index (χ1) is 14.0. The zero-order valence-electron chi connectivity index (χ0n) is 16.9. The van der Waals surface area contributed by atoms with Gasteiger partial charge in [0.05, 0.1) is 10.5 Å². The number of nitrogens with one attached hydrogen (secondary N) is 1. The van der Waals surface area contributed by atoms with E-state index in [0.29, 0.717) is 23.4 Å². The number of nitrogens with zero attached hydrogens (tertiary/aromatic N) is 1. The molecule has 0 atom stereocenters. The maximum absolute atomic E-state index is 13.2. The number of amides is 2. The monoisotopic (exact) mass is 404 g/mol. The maximum atomic E-state index is 13.2. The molecule has 0 unspecified atom stereocenters. The lowest BCUT2D eigenvalue weighted by atomic mass is 10.0. The first kappa shape index (κ1) is 19.5. The van der Waals surface area contributed by atoms with Crippen molar-refractivity contribution in [2.75, 3.05) is 6.54 Å². The predicted octanol–water partition coefficient (Wildman–Crippen LogP) is 4.94. The standard InChI is InChI=1S/C24H24N2O2S/c1-15(2)29-22-21(17-10-8-16(3)9-11-17)23(27)26(24(22)28)13-12-18-14-25-20-7-5-4-6-19(18)20/h4-11,14-15,25H,12-13H2,1-3H3. The van der Waals surface area contributed by atoms with E-state index < -0.39 is 0 Å². The molecule has 148 valence electrons. The van der Waals surface area contributed by atoms with Gasteiger partial charge in [-0.3, -0.25) is 14.5 Å². The van der Waals surface area contributed by atoms with Gasteiger partial charge in [0.25, 0.3) is 11.8 Å². The van der Waals surface area contributed by atoms with E-state index in [1.165, 1.54) is 16.7 Å². The Labute approximate surface area is 175 Å². The molecule has 0 fully saturated rings. The van der Waals surface area contributed by atoms with Gasteiger partial charge in [0.2, 0.25) is 0 Å². The van der Waals surface area contributed by atoms with Gasteiger partial charge in [0, 0.05) is 28.9 Å². The number of aromatic amines is 1. The Morgan fingerprint density at radius 2 is 1.72 bits per heavy atom. The van der Waals surface area contributed by atoms with Gasteiger partial charge in [-0.15, -0.1) is 11.8 Å². The largest absolute Gasteiger partial charge is 0.361 e. The highest BCUT2D eigenvalue weighted by Gasteiger charge is 2.39. The summed E-state index contributed by atoms with van der Waals surface area (Å²) in [4.78, 5) is 31.6. The number of fused-ring (bicyclic) bond motifs is 1. The Kier molecular flexibility index (Phi) is 5.33. The highest BCUT2D eigenvalue weighted by molar-refractivity contribution is 8.04. The number of thioether (sulfide) groups is 1. The Morgan fingerprint density at radius 3 is 2.45 bits per heavy atom. The third kappa shape index (κ3) is 3.75. The first-order valence-electron chi connectivity index (χ1n) is 9.85. The van der Waals surface area contributed by atoms with E-state index in [1.807, 2.05) is 69.4 Å². The summed E-state index contributed by atoms with van der Waals surface area (Å²) < 4.78 is 0. The highest BCUT2D eigenvalue weighted by Crippen LogP contribution is 2.38. The van der Waals surface area contributed by atoms with Crippen LogP contribution in [0.3, 0.4) is 0 Å². The fourth-order valence-electron chi connectivity index (χ4n) is 3.65. The van der Waals surface area contributed by atoms with Gasteiger partial charge in [-0.2, -0.15) is 0 Å². The lowest BCUT2D eigenvalue weighted by molar-refractivity contribution is -0.136. The summed E-state index contributed by atoms with van der Waals surface area (Å²) in [7, 11) is 0. The van der Waals surface area contributed by atoms with E-state index in [0.717, 1.165) is 27.6 Å². The molecule has 5 heteroatoms. The molecule has 1 aliphatic heterocycles. The number of para-hydroxylation sites is 1. The predicted molar refractivity (Wildman–Crippen MR) is 120 cm³/mol. The Morgan fingerprint density at radius 1 is 1.00 bits per heavy atom. The number of carbonyl (C=O) groups is 2. The van der Waals surface area contributed by atoms with Gasteiger partial charge in [-0.1, -0.05) is 61.9 Å². The van der Waals surface area contributed by atoms with Crippen LogP contribution >= 0.6 is 11.8 Å². The van der Waals surface area contributed by atoms with E-state index >= 15 is 0 Å². The second-order valence-electron chi connectivity index (χ2n) is 7.61. The SMILES string of the molecule is Cc1ccc(C2=C(SC(C)C)C(=O)N(CCc3c[nH]c4ccccc34)C2=O)cc1. The average molecular weight is 405 g/mol. The van der Waals surface area contributed by atoms with E-state index in [2.05, 4.69) is 11.1 Å². The van der Waals surface area contributed by atoms with Crippen molar-refractivity contribution in [3.05, 3.63) is 76.3 Å². The normalized spacial score (nSPS) is 14.7. The molecule has 1 aromatic heterocycles. The minimum atomic E-state index is -0.193. The number of aromatic nitrogens is 1. The number of aryl methyl sites for hydroxylation is 1. The summed E-state index contributed by atoms with van der Waals surface area (Å²) in [5, 5.41) is 1.35. The number of benzene rings is 2. The average Bonchev–Trinajstić information content (AvgIpc) is 3.20. The van der Waals surface area contributed by atoms with Gasteiger partial charge < -0.3 is 4.98 Å². The lowest BCUT2D eigenvalue weighted by Gasteiger charge is -2.15. The number of hydrogen-bond acceptors (Lipinski definition) is 3. The Bertz CT molecular complexity index is 1110. The summed E-state index contributed by atoms with van der Waals surface area (Å²) in [6.07, 6.45) is 2.59. The number of imide groups is 1. The minimum Gasteiger partial charge on any atom is -0.361 e. The third-order valence-corrected chi connectivity index (χ3v) is 6.18. The molecular formula is C24H24N2O2S. The highest BCUT2D eigenvalue weighted by atomic mass is 32.2. The van der Waals surface area contributed by atoms with Crippen molar-refractivity contribution in [1.82, 2.24) is 9.88 Å². The van der Waals surface area contributed by atoms with Crippen LogP contribution in [-0.2, 0) is 16.0 Å². The molecule has 1 N–H and O–H groups in total. The van der Waals surface area contributed by atoms with Gasteiger partial charge in [0.15, 0.2) is 0 Å². The fraction of sp³-hybridized carbons (Fsp3) is 0.250. The van der Waals surface area contributed by atoms with Crippen LogP contribution in [-0.4, -0.2) is 33.5 Å². The molecule has 2 heterocycles. The van der Waals surface area contributed by atoms with Crippen molar-refractivity contribution in [3.8, 4) is 0 Å². The van der Waals surface area contributed by atoms with Gasteiger partial charge >= 0.3 is 0 Å². The summed E-state index contributed by atoms with van der Waals surface area (Å²) in [6, 6.07) is 15.9. The van der Waals surface area contributed by atoms with Crippen LogP contribution in [0.15, 0.2) is 59.6 Å². The minimum absolute atomic E-state index is 0.177. The topological polar surface area (TPSA) is 53.2 Å². The Balaban J connectivity index is 1.62. The molecule has 0 saturated heterocycles. The van der Waals surface area contributed by atoms with Crippen LogP contribution in [0, 0.1) is 6.92 Å². The quantitative estimate of drug-likeness (QED) is 0.592. The van der Waals surface area contributed by atoms with Crippen LogP contribution in [0.5, 0.6) is 0 Å². The molecular weight excluding hydrogens is 380 g/mol. The molecule has 0 radical (unpaired) electrons. The summed E-state index contributed by atoms with van der Waals surface area (Å²) in [6.45, 7) is 6.46. The van der Waals surface area contributed by atoms with Crippen LogP contribution in [0.2, 0.25) is 0 Å². The summed E-state index contributed by atoms with van der Waals surface area (Å²) >= 11 is 1.47. The van der Waals surface area contributed by atoms with Crippen molar-refractivity contribution in [1.29, 1.82) is 0 Å². The summed E-state index contributed by atoms with van der Waals surface area (Å²) in [5.41, 5.74) is 4.65. The zero-order chi connectivity index (χ0) is 20.5. The molecule has 3 aromatic rings. The van der Waals surface area contributed by atoms with Crippen LogP contribution < -0.4 is 0 Å². The number of H-pyrrole nitrogens is 1. The van der Waals surface area contributed by atoms with Gasteiger partial charge in [-0.25, -0.2) is 0 Å². The number of carbonyl (C=O) groups excluding carboxylic acids is 2. The molecule has 0 saturated carbocycles. The van der Waals surface area contributed by atoms with Crippen LogP contribution in [0.1, 0.15) is 30.5 Å². The molecule has 4 nitrogen and oxygen atoms in total. The maximum Gasteiger partial charge on any atom is 0.268 e. The van der Waals surface area contributed by atoms with E-state index in [9.17, 15) is 9.59 Å². The molecule has 29 heavy (non-hydrogen) atoms. The summed E-state index contributed by atoms with van der Waals surface area (Å²) in [5.74, 6) is -0.369. The van der Waals surface area contributed by atoms with E-state index in [-0.39, 0.29) is 17.1 Å². The number of hydrogen-bond donors (Lipinski definition) is 1. The zero-order valence-corrected chi connectivity index (χ0v) is 17.7. The number of rotatable bonds is 6. The van der Waals surface area contributed by atoms with Crippen molar-refractivity contribution in [2.45, 2.75) is 32.4 Å². The van der Waals surface area contributed by atoms with Crippen molar-refractivity contribution < 1.29 is 9.59 Å². The van der Waals surface area contributed by atoms with Gasteiger partial charge in [0.1, 0.15) is 0 Å². The van der Waals surface area contributed by atoms with Crippen LogP contribution in [0.4, 0.5) is 0 Å². The Hall–Kier alpha value is -2.79. The van der Waals surface area contributed by atoms with Crippen molar-refractivity contribution in [2.24, 2.45) is 0 Å². The lowest BCUT2D eigenvalue weighted by Crippen LogP contribution is -2.33. The molecule has 0 aliphatic carbocycles. The van der Waals surface area contributed by atoms with Crippen LogP contribution in [0.25, 0.3) is 16.5 Å². The molecule has 2 aromatic carbocycles. The fourth-order valence-corrected chi connectivity index (χ4v) is 4.65. The van der Waals surface area contributed by atoms with E-state index in [1.54, 1.807) is 0 Å². The van der Waals surface area contributed by atoms with Crippen molar-refractivity contribution in [3.63, 3.8) is 0 Å². The molecule has 2 amide bonds. The molecule has 4 rings (SSSR count). The van der Waals surface area contributed by atoms with Gasteiger partial charge in [-0.05, 0) is 30.5 Å².